The van der Waals surface area contributed by atoms with E-state index in [4.69, 9.17) is 21.1 Å². The number of hydrogen-bond acceptors (Lipinski definition) is 4. The molecule has 32 heavy (non-hydrogen) atoms. The minimum atomic E-state index is -0.655. The van der Waals surface area contributed by atoms with Crippen molar-refractivity contribution in [3.8, 4) is 11.5 Å². The molecule has 1 aliphatic rings. The number of rotatable bonds is 6. The summed E-state index contributed by atoms with van der Waals surface area (Å²) >= 11 is 6.16. The number of carbonyl (C=O) groups excluding carboxylic acids is 2. The summed E-state index contributed by atoms with van der Waals surface area (Å²) in [7, 11) is 1.49. The summed E-state index contributed by atoms with van der Waals surface area (Å²) in [5.74, 6) is -1.01. The normalized spacial score (nSPS) is 14.6. The first kappa shape index (κ1) is 21.4. The minimum absolute atomic E-state index is 0.0323. The van der Waals surface area contributed by atoms with Crippen LogP contribution in [0.4, 0.5) is 10.1 Å². The van der Waals surface area contributed by atoms with Gasteiger partial charge in [-0.2, -0.15) is 0 Å². The summed E-state index contributed by atoms with van der Waals surface area (Å²) in [6, 6.07) is 18.0. The number of anilines is 1. The molecule has 6 nitrogen and oxygen atoms in total. The van der Waals surface area contributed by atoms with Crippen LogP contribution in [0.1, 0.15) is 11.1 Å². The van der Waals surface area contributed by atoms with Crippen LogP contribution >= 0.6 is 11.6 Å². The number of ether oxygens (including phenoxy) is 2. The van der Waals surface area contributed by atoms with Gasteiger partial charge in [-0.1, -0.05) is 48.0 Å². The number of carbonyl (C=O) groups is 2. The molecule has 0 saturated carbocycles. The highest BCUT2D eigenvalue weighted by Crippen LogP contribution is 2.31. The Hall–Kier alpha value is -3.84. The second kappa shape index (κ2) is 9.11. The highest BCUT2D eigenvalue weighted by molar-refractivity contribution is 6.32. The Morgan fingerprint density at radius 1 is 1.03 bits per heavy atom. The highest BCUT2D eigenvalue weighted by Gasteiger charge is 2.35. The van der Waals surface area contributed by atoms with Crippen molar-refractivity contribution in [1.82, 2.24) is 5.43 Å². The van der Waals surface area contributed by atoms with Crippen molar-refractivity contribution in [2.45, 2.75) is 6.61 Å². The molecule has 8 heteroatoms. The third-order valence-electron chi connectivity index (χ3n) is 4.82. The number of benzene rings is 3. The number of halogens is 2. The predicted molar refractivity (Wildman–Crippen MR) is 119 cm³/mol. The van der Waals surface area contributed by atoms with E-state index in [1.807, 2.05) is 18.2 Å². The summed E-state index contributed by atoms with van der Waals surface area (Å²) in [5.41, 5.74) is 3.59. The maximum Gasteiger partial charge on any atom is 0.282 e. The van der Waals surface area contributed by atoms with Crippen LogP contribution in [0.3, 0.4) is 0 Å². The van der Waals surface area contributed by atoms with Crippen LogP contribution in [0, 0.1) is 5.82 Å². The summed E-state index contributed by atoms with van der Waals surface area (Å²) in [6.45, 7) is 0.245. The predicted octanol–water partition coefficient (Wildman–Crippen LogP) is 4.53. The molecule has 3 aromatic carbocycles. The van der Waals surface area contributed by atoms with E-state index in [1.165, 1.54) is 31.4 Å². The van der Waals surface area contributed by atoms with E-state index >= 15 is 0 Å². The van der Waals surface area contributed by atoms with Crippen LogP contribution in [-0.4, -0.2) is 18.9 Å². The van der Waals surface area contributed by atoms with Crippen molar-refractivity contribution < 1.29 is 23.5 Å². The summed E-state index contributed by atoms with van der Waals surface area (Å²) in [4.78, 5) is 25.1. The molecule has 2 amide bonds. The summed E-state index contributed by atoms with van der Waals surface area (Å²) < 4.78 is 25.3. The van der Waals surface area contributed by atoms with Gasteiger partial charge in [-0.15, -0.1) is 0 Å². The zero-order chi connectivity index (χ0) is 22.7. The van der Waals surface area contributed by atoms with Gasteiger partial charge in [0, 0.05) is 10.6 Å². The molecular weight excluding hydrogens is 435 g/mol. The second-order valence-corrected chi connectivity index (χ2v) is 7.29. The van der Waals surface area contributed by atoms with Crippen molar-refractivity contribution in [3.63, 3.8) is 0 Å². The smallest absolute Gasteiger partial charge is 0.282 e. The lowest BCUT2D eigenvalue weighted by atomic mass is 10.1. The number of hydrazine groups is 1. The van der Waals surface area contributed by atoms with Gasteiger partial charge in [-0.3, -0.25) is 15.0 Å². The topological polar surface area (TPSA) is 67.9 Å². The number of hydrogen-bond donors (Lipinski definition) is 1. The van der Waals surface area contributed by atoms with Crippen molar-refractivity contribution in [3.05, 3.63) is 94.3 Å². The van der Waals surface area contributed by atoms with E-state index in [-0.39, 0.29) is 17.9 Å². The lowest BCUT2D eigenvalue weighted by Crippen LogP contribution is -2.36. The lowest BCUT2D eigenvalue weighted by molar-refractivity contribution is -0.117. The fraction of sp³-hybridized carbons (Fsp3) is 0.0833. The van der Waals surface area contributed by atoms with Crippen LogP contribution in [-0.2, 0) is 16.2 Å². The SMILES string of the molecule is COc1cc(/C=C2\C(=O)NN(c3ccccc3F)C2=O)ccc1OCc1ccccc1Cl. The Morgan fingerprint density at radius 2 is 1.78 bits per heavy atom. The summed E-state index contributed by atoms with van der Waals surface area (Å²) in [6.07, 6.45) is 1.42. The van der Waals surface area contributed by atoms with Gasteiger partial charge in [0.15, 0.2) is 11.5 Å². The third kappa shape index (κ3) is 4.29. The quantitative estimate of drug-likeness (QED) is 0.441. The van der Waals surface area contributed by atoms with Crippen molar-refractivity contribution in [1.29, 1.82) is 0 Å². The van der Waals surface area contributed by atoms with Crippen molar-refractivity contribution in [2.75, 3.05) is 12.1 Å². The molecule has 0 unspecified atom stereocenters. The van der Waals surface area contributed by atoms with E-state index in [1.54, 1.807) is 30.3 Å². The van der Waals surface area contributed by atoms with Crippen LogP contribution in [0.2, 0.25) is 5.02 Å². The first-order valence-electron chi connectivity index (χ1n) is 9.64. The molecule has 3 aromatic rings. The van der Waals surface area contributed by atoms with Gasteiger partial charge in [0.1, 0.15) is 23.7 Å². The molecule has 0 aliphatic carbocycles. The van der Waals surface area contributed by atoms with Gasteiger partial charge >= 0.3 is 0 Å². The second-order valence-electron chi connectivity index (χ2n) is 6.88. The molecule has 0 spiro atoms. The Bertz CT molecular complexity index is 1230. The molecule has 1 N–H and O–H groups in total. The number of nitrogens with one attached hydrogen (secondary N) is 1. The highest BCUT2D eigenvalue weighted by atomic mass is 35.5. The zero-order valence-electron chi connectivity index (χ0n) is 17.0. The number of methoxy groups -OCH3 is 1. The molecule has 1 saturated heterocycles. The summed E-state index contributed by atoms with van der Waals surface area (Å²) in [5, 5.41) is 1.49. The molecule has 0 aromatic heterocycles. The van der Waals surface area contributed by atoms with Crippen LogP contribution in [0.25, 0.3) is 6.08 Å². The zero-order valence-corrected chi connectivity index (χ0v) is 17.7. The van der Waals surface area contributed by atoms with Crippen LogP contribution in [0.15, 0.2) is 72.3 Å². The Balaban J connectivity index is 1.56. The third-order valence-corrected chi connectivity index (χ3v) is 5.19. The first-order chi connectivity index (χ1) is 15.5. The van der Waals surface area contributed by atoms with E-state index in [0.29, 0.717) is 22.1 Å². The average Bonchev–Trinajstić information content (AvgIpc) is 3.07. The standard InChI is InChI=1S/C24H18ClFN2O4/c1-31-22-13-15(10-11-21(22)32-14-16-6-2-3-7-18(16)25)12-17-23(29)27-28(24(17)30)20-9-5-4-8-19(20)26/h2-13H,14H2,1H3,(H,27,29)/b17-12+. The first-order valence-corrected chi connectivity index (χ1v) is 10.0. The fourth-order valence-corrected chi connectivity index (χ4v) is 3.38. The molecule has 0 atom stereocenters. The van der Waals surface area contributed by atoms with Gasteiger partial charge in [0.05, 0.1) is 7.11 Å². The van der Waals surface area contributed by atoms with Crippen LogP contribution in [0.5, 0.6) is 11.5 Å². The Morgan fingerprint density at radius 3 is 2.53 bits per heavy atom. The van der Waals surface area contributed by atoms with Gasteiger partial charge in [-0.05, 0) is 42.0 Å². The number of amides is 2. The maximum atomic E-state index is 14.1. The minimum Gasteiger partial charge on any atom is -0.493 e. The van der Waals surface area contributed by atoms with E-state index in [0.717, 1.165) is 10.6 Å². The average molecular weight is 453 g/mol. The van der Waals surface area contributed by atoms with E-state index in [9.17, 15) is 14.0 Å². The number of nitrogens with zero attached hydrogens (tertiary/aromatic N) is 1. The molecule has 4 rings (SSSR count). The molecular formula is C24H18ClFN2O4. The molecule has 0 radical (unpaired) electrons. The van der Waals surface area contributed by atoms with Gasteiger partial charge in [0.25, 0.3) is 11.8 Å². The van der Waals surface area contributed by atoms with Crippen LogP contribution < -0.4 is 19.9 Å². The Kier molecular flexibility index (Phi) is 6.09. The molecule has 162 valence electrons. The number of para-hydroxylation sites is 1. The van der Waals surface area contributed by atoms with E-state index < -0.39 is 17.6 Å². The van der Waals surface area contributed by atoms with Gasteiger partial charge in [-0.25, -0.2) is 9.40 Å². The van der Waals surface area contributed by atoms with E-state index in [2.05, 4.69) is 5.43 Å². The monoisotopic (exact) mass is 452 g/mol. The largest absolute Gasteiger partial charge is 0.493 e. The molecule has 1 aliphatic heterocycles. The molecule has 1 heterocycles. The van der Waals surface area contributed by atoms with Gasteiger partial charge < -0.3 is 9.47 Å². The maximum absolute atomic E-state index is 14.1. The molecule has 0 bridgehead atoms. The Labute approximate surface area is 188 Å². The fourth-order valence-electron chi connectivity index (χ4n) is 3.19. The van der Waals surface area contributed by atoms with Crippen molar-refractivity contribution in [2.24, 2.45) is 0 Å². The van der Waals surface area contributed by atoms with Crippen molar-refractivity contribution >= 4 is 35.2 Å². The van der Waals surface area contributed by atoms with Gasteiger partial charge in [0.2, 0.25) is 0 Å². The lowest BCUT2D eigenvalue weighted by Gasteiger charge is -2.15. The molecule has 1 fully saturated rings.